The van der Waals surface area contributed by atoms with Gasteiger partial charge in [-0.2, -0.15) is 0 Å². The molecule has 0 radical (unpaired) electrons. The molecule has 108 valence electrons. The Balaban J connectivity index is 1.78. The first-order valence-corrected chi connectivity index (χ1v) is 7.40. The van der Waals surface area contributed by atoms with E-state index in [0.717, 1.165) is 40.3 Å². The molecule has 0 saturated carbocycles. The summed E-state index contributed by atoms with van der Waals surface area (Å²) in [5.74, 6) is 0.936. The van der Waals surface area contributed by atoms with E-state index in [1.807, 2.05) is 49.6 Å². The van der Waals surface area contributed by atoms with Crippen LogP contribution in [0, 0.1) is 0 Å². The molecule has 3 rings (SSSR count). The number of benzene rings is 1. The minimum Gasteiger partial charge on any atom is -0.459 e. The van der Waals surface area contributed by atoms with Crippen molar-refractivity contribution in [3.05, 3.63) is 65.1 Å². The van der Waals surface area contributed by atoms with Gasteiger partial charge in [0.1, 0.15) is 11.3 Å². The molecule has 2 aromatic heterocycles. The lowest BCUT2D eigenvalue weighted by atomic mass is 10.1. The van der Waals surface area contributed by atoms with Gasteiger partial charge in [0.05, 0.1) is 6.04 Å². The van der Waals surface area contributed by atoms with Crippen LogP contribution in [0.2, 0.25) is 5.02 Å². The maximum absolute atomic E-state index is 6.02. The highest BCUT2D eigenvalue weighted by atomic mass is 35.5. The molecule has 3 nitrogen and oxygen atoms in total. The molecule has 0 aliphatic carbocycles. The number of aryl methyl sites for hydroxylation is 1. The van der Waals surface area contributed by atoms with E-state index >= 15 is 0 Å². The van der Waals surface area contributed by atoms with Gasteiger partial charge < -0.3 is 9.73 Å². The summed E-state index contributed by atoms with van der Waals surface area (Å²) in [5, 5.41) is 5.07. The molecule has 1 unspecified atom stereocenters. The highest BCUT2D eigenvalue weighted by molar-refractivity contribution is 6.31. The van der Waals surface area contributed by atoms with Crippen LogP contribution in [0.3, 0.4) is 0 Å². The maximum atomic E-state index is 6.02. The zero-order valence-electron chi connectivity index (χ0n) is 11.8. The zero-order valence-corrected chi connectivity index (χ0v) is 12.6. The summed E-state index contributed by atoms with van der Waals surface area (Å²) < 4.78 is 5.92. The van der Waals surface area contributed by atoms with E-state index < -0.39 is 0 Å². The standard InChI is InChI=1S/C17H17ClN2O/c1-19-15(7-6-14-4-2-3-9-20-14)17-11-12-10-13(18)5-8-16(12)21-17/h2-5,8-11,15,19H,6-7H2,1H3. The van der Waals surface area contributed by atoms with Crippen LogP contribution >= 0.6 is 11.6 Å². The Morgan fingerprint density at radius 1 is 1.24 bits per heavy atom. The van der Waals surface area contributed by atoms with Gasteiger partial charge in [-0.3, -0.25) is 4.98 Å². The lowest BCUT2D eigenvalue weighted by Crippen LogP contribution is -2.16. The van der Waals surface area contributed by atoms with Gasteiger partial charge in [0.2, 0.25) is 0 Å². The predicted molar refractivity (Wildman–Crippen MR) is 85.6 cm³/mol. The van der Waals surface area contributed by atoms with Crippen molar-refractivity contribution < 1.29 is 4.42 Å². The van der Waals surface area contributed by atoms with Crippen molar-refractivity contribution in [2.45, 2.75) is 18.9 Å². The molecule has 1 N–H and O–H groups in total. The van der Waals surface area contributed by atoms with Gasteiger partial charge in [-0.1, -0.05) is 17.7 Å². The van der Waals surface area contributed by atoms with Gasteiger partial charge in [-0.15, -0.1) is 0 Å². The summed E-state index contributed by atoms with van der Waals surface area (Å²) in [7, 11) is 1.95. The van der Waals surface area contributed by atoms with Crippen molar-refractivity contribution in [2.75, 3.05) is 7.05 Å². The fourth-order valence-corrected chi connectivity index (χ4v) is 2.65. The van der Waals surface area contributed by atoms with Crippen LogP contribution in [0.5, 0.6) is 0 Å². The Morgan fingerprint density at radius 2 is 2.14 bits per heavy atom. The fraction of sp³-hybridized carbons (Fsp3) is 0.235. The van der Waals surface area contributed by atoms with Gasteiger partial charge in [0.25, 0.3) is 0 Å². The molecule has 0 aliphatic heterocycles. The Hall–Kier alpha value is -1.84. The van der Waals surface area contributed by atoms with Crippen LogP contribution in [-0.4, -0.2) is 12.0 Å². The molecular formula is C17H17ClN2O. The van der Waals surface area contributed by atoms with Gasteiger partial charge in [0, 0.05) is 22.3 Å². The van der Waals surface area contributed by atoms with Crippen LogP contribution in [-0.2, 0) is 6.42 Å². The topological polar surface area (TPSA) is 38.1 Å². The fourth-order valence-electron chi connectivity index (χ4n) is 2.47. The van der Waals surface area contributed by atoms with E-state index in [2.05, 4.69) is 16.4 Å². The Labute approximate surface area is 128 Å². The Morgan fingerprint density at radius 3 is 2.90 bits per heavy atom. The third-order valence-electron chi connectivity index (χ3n) is 3.60. The highest BCUT2D eigenvalue weighted by Gasteiger charge is 2.15. The van der Waals surface area contributed by atoms with Crippen molar-refractivity contribution in [1.82, 2.24) is 10.3 Å². The van der Waals surface area contributed by atoms with E-state index in [4.69, 9.17) is 16.0 Å². The summed E-state index contributed by atoms with van der Waals surface area (Å²) >= 11 is 6.02. The molecule has 1 atom stereocenters. The van der Waals surface area contributed by atoms with Crippen LogP contribution in [0.25, 0.3) is 11.0 Å². The molecular weight excluding hydrogens is 284 g/mol. The van der Waals surface area contributed by atoms with E-state index in [9.17, 15) is 0 Å². The number of furan rings is 1. The largest absolute Gasteiger partial charge is 0.459 e. The third kappa shape index (κ3) is 3.26. The number of hydrogen-bond acceptors (Lipinski definition) is 3. The lowest BCUT2D eigenvalue weighted by Gasteiger charge is -2.12. The summed E-state index contributed by atoms with van der Waals surface area (Å²) in [6.45, 7) is 0. The van der Waals surface area contributed by atoms with E-state index in [1.54, 1.807) is 0 Å². The Bertz CT molecular complexity index is 724. The van der Waals surface area contributed by atoms with Crippen molar-refractivity contribution in [3.8, 4) is 0 Å². The smallest absolute Gasteiger partial charge is 0.134 e. The summed E-state index contributed by atoms with van der Waals surface area (Å²) in [6.07, 6.45) is 3.66. The molecule has 2 heterocycles. The van der Waals surface area contributed by atoms with Crippen molar-refractivity contribution in [2.24, 2.45) is 0 Å². The molecule has 4 heteroatoms. The lowest BCUT2D eigenvalue weighted by molar-refractivity contribution is 0.432. The maximum Gasteiger partial charge on any atom is 0.134 e. The van der Waals surface area contributed by atoms with Crippen molar-refractivity contribution in [3.63, 3.8) is 0 Å². The number of aromatic nitrogens is 1. The molecule has 0 aliphatic rings. The van der Waals surface area contributed by atoms with Crippen LogP contribution < -0.4 is 5.32 Å². The first-order chi connectivity index (χ1) is 10.3. The molecule has 0 bridgehead atoms. The summed E-state index contributed by atoms with van der Waals surface area (Å²) in [5.41, 5.74) is 1.96. The average Bonchev–Trinajstić information content (AvgIpc) is 2.92. The monoisotopic (exact) mass is 300 g/mol. The minimum absolute atomic E-state index is 0.165. The third-order valence-corrected chi connectivity index (χ3v) is 3.84. The summed E-state index contributed by atoms with van der Waals surface area (Å²) in [6, 6.07) is 13.9. The number of nitrogens with zero attached hydrogens (tertiary/aromatic N) is 1. The number of hydrogen-bond donors (Lipinski definition) is 1. The first kappa shape index (κ1) is 14.1. The predicted octanol–water partition coefficient (Wildman–Crippen LogP) is 4.37. The van der Waals surface area contributed by atoms with E-state index in [-0.39, 0.29) is 6.04 Å². The molecule has 1 aromatic carbocycles. The molecule has 3 aromatic rings. The second kappa shape index (κ2) is 6.29. The zero-order chi connectivity index (χ0) is 14.7. The van der Waals surface area contributed by atoms with Crippen LogP contribution in [0.15, 0.2) is 53.1 Å². The second-order valence-corrected chi connectivity index (χ2v) is 5.47. The average molecular weight is 301 g/mol. The minimum atomic E-state index is 0.165. The van der Waals surface area contributed by atoms with Crippen molar-refractivity contribution in [1.29, 1.82) is 0 Å². The normalized spacial score (nSPS) is 12.7. The SMILES string of the molecule is CNC(CCc1ccccn1)c1cc2cc(Cl)ccc2o1. The molecule has 0 fully saturated rings. The number of halogens is 1. The number of rotatable bonds is 5. The Kier molecular flexibility index (Phi) is 4.23. The van der Waals surface area contributed by atoms with Gasteiger partial charge in [-0.05, 0) is 56.3 Å². The van der Waals surface area contributed by atoms with Gasteiger partial charge in [-0.25, -0.2) is 0 Å². The van der Waals surface area contributed by atoms with E-state index in [0.29, 0.717) is 0 Å². The van der Waals surface area contributed by atoms with Crippen LogP contribution in [0.1, 0.15) is 23.9 Å². The van der Waals surface area contributed by atoms with Gasteiger partial charge >= 0.3 is 0 Å². The second-order valence-electron chi connectivity index (χ2n) is 5.03. The molecule has 0 amide bonds. The summed E-state index contributed by atoms with van der Waals surface area (Å²) in [4.78, 5) is 4.36. The molecule has 0 saturated heterocycles. The quantitative estimate of drug-likeness (QED) is 0.760. The number of pyridine rings is 1. The van der Waals surface area contributed by atoms with Crippen LogP contribution in [0.4, 0.5) is 0 Å². The number of fused-ring (bicyclic) bond motifs is 1. The first-order valence-electron chi connectivity index (χ1n) is 7.02. The van der Waals surface area contributed by atoms with E-state index in [1.165, 1.54) is 0 Å². The number of nitrogens with one attached hydrogen (secondary N) is 1. The molecule has 0 spiro atoms. The molecule has 21 heavy (non-hydrogen) atoms. The highest BCUT2D eigenvalue weighted by Crippen LogP contribution is 2.28. The van der Waals surface area contributed by atoms with Gasteiger partial charge in [0.15, 0.2) is 0 Å². The van der Waals surface area contributed by atoms with Crippen molar-refractivity contribution >= 4 is 22.6 Å².